The number of hydrogen-bond donors (Lipinski definition) is 2. The highest BCUT2D eigenvalue weighted by molar-refractivity contribution is 7.17. The second-order valence-electron chi connectivity index (χ2n) is 5.56. The fourth-order valence-electron chi connectivity index (χ4n) is 3.08. The Labute approximate surface area is 130 Å². The van der Waals surface area contributed by atoms with Gasteiger partial charge in [-0.3, -0.25) is 4.79 Å². The minimum atomic E-state index is 0.0663. The summed E-state index contributed by atoms with van der Waals surface area (Å²) in [5, 5.41) is 16.1. The lowest BCUT2D eigenvalue weighted by molar-refractivity contribution is 0.0606. The molecule has 3 aromatic rings. The minimum absolute atomic E-state index is 0.0663. The Hall–Kier alpha value is -2.22. The van der Waals surface area contributed by atoms with E-state index in [0.717, 1.165) is 36.0 Å². The zero-order valence-corrected chi connectivity index (χ0v) is 12.8. The number of tetrazole rings is 1. The van der Waals surface area contributed by atoms with Crippen molar-refractivity contribution in [3.63, 3.8) is 0 Å². The van der Waals surface area contributed by atoms with Crippen molar-refractivity contribution in [1.29, 1.82) is 0 Å². The van der Waals surface area contributed by atoms with Crippen molar-refractivity contribution < 1.29 is 4.79 Å². The number of fused-ring (bicyclic) bond motifs is 1. The van der Waals surface area contributed by atoms with Crippen LogP contribution in [0.4, 0.5) is 0 Å². The van der Waals surface area contributed by atoms with Crippen molar-refractivity contribution >= 4 is 27.5 Å². The Balaban J connectivity index is 1.57. The summed E-state index contributed by atoms with van der Waals surface area (Å²) in [4.78, 5) is 18.0. The Morgan fingerprint density at radius 2 is 2.41 bits per heavy atom. The molecular weight excluding hydrogens is 300 g/mol. The van der Waals surface area contributed by atoms with Gasteiger partial charge in [0.05, 0.1) is 10.2 Å². The van der Waals surface area contributed by atoms with Gasteiger partial charge in [0, 0.05) is 19.0 Å². The van der Waals surface area contributed by atoms with Crippen molar-refractivity contribution in [2.45, 2.75) is 31.7 Å². The van der Waals surface area contributed by atoms with Crippen LogP contribution < -0.4 is 0 Å². The molecule has 8 heteroatoms. The predicted molar refractivity (Wildman–Crippen MR) is 82.7 cm³/mol. The molecule has 22 heavy (non-hydrogen) atoms. The van der Waals surface area contributed by atoms with Crippen molar-refractivity contribution in [3.05, 3.63) is 29.0 Å². The fraction of sp³-hybridized carbons (Fsp3) is 0.429. The van der Waals surface area contributed by atoms with Crippen LogP contribution in [0.25, 0.3) is 10.2 Å². The molecule has 1 aliphatic rings. The van der Waals surface area contributed by atoms with Crippen LogP contribution >= 0.6 is 11.3 Å². The number of aromatic nitrogens is 5. The predicted octanol–water partition coefficient (Wildman–Crippen LogP) is 1.98. The molecule has 0 aromatic carbocycles. The summed E-state index contributed by atoms with van der Waals surface area (Å²) in [6.07, 6.45) is 3.81. The Kier molecular flexibility index (Phi) is 3.38. The van der Waals surface area contributed by atoms with E-state index in [4.69, 9.17) is 0 Å². The van der Waals surface area contributed by atoms with Crippen LogP contribution in [-0.2, 0) is 6.42 Å². The van der Waals surface area contributed by atoms with E-state index in [-0.39, 0.29) is 11.9 Å². The van der Waals surface area contributed by atoms with Gasteiger partial charge in [-0.25, -0.2) is 0 Å². The summed E-state index contributed by atoms with van der Waals surface area (Å²) >= 11 is 1.64. The highest BCUT2D eigenvalue weighted by atomic mass is 32.1. The number of rotatable bonds is 3. The van der Waals surface area contributed by atoms with Crippen LogP contribution in [0.3, 0.4) is 0 Å². The topological polar surface area (TPSA) is 90.6 Å². The molecule has 1 amide bonds. The van der Waals surface area contributed by atoms with Crippen LogP contribution in [0.15, 0.2) is 17.5 Å². The summed E-state index contributed by atoms with van der Waals surface area (Å²) in [5.74, 6) is 0.730. The molecule has 4 rings (SSSR count). The molecule has 2 N–H and O–H groups in total. The number of hydrogen-bond acceptors (Lipinski definition) is 5. The van der Waals surface area contributed by atoms with E-state index >= 15 is 0 Å². The van der Waals surface area contributed by atoms with Crippen LogP contribution in [0.1, 0.15) is 35.6 Å². The first kappa shape index (κ1) is 13.4. The molecule has 3 aromatic heterocycles. The van der Waals surface area contributed by atoms with Crippen LogP contribution in [-0.4, -0.2) is 49.0 Å². The molecule has 7 nitrogen and oxygen atoms in total. The van der Waals surface area contributed by atoms with Crippen molar-refractivity contribution in [2.75, 3.05) is 6.54 Å². The molecule has 1 atom stereocenters. The third-order valence-electron chi connectivity index (χ3n) is 4.17. The van der Waals surface area contributed by atoms with E-state index in [9.17, 15) is 4.79 Å². The summed E-state index contributed by atoms with van der Waals surface area (Å²) in [5.41, 5.74) is 1.70. The molecule has 0 aliphatic carbocycles. The molecule has 0 bridgehead atoms. The minimum Gasteiger partial charge on any atom is -0.350 e. The smallest absolute Gasteiger partial charge is 0.270 e. The van der Waals surface area contributed by atoms with E-state index in [0.29, 0.717) is 17.9 Å². The molecule has 1 aliphatic heterocycles. The van der Waals surface area contributed by atoms with Gasteiger partial charge in [0.15, 0.2) is 5.82 Å². The standard InChI is InChI=1S/C14H16N6OS/c21-14(11-8-12-10(15-11)4-6-22-12)20-5-2-1-3-9(20)7-13-16-18-19-17-13/h4,6,8-9,15H,1-3,5,7H2,(H,16,17,18,19). The molecule has 1 unspecified atom stereocenters. The Bertz CT molecular complexity index is 748. The average molecular weight is 316 g/mol. The highest BCUT2D eigenvalue weighted by Gasteiger charge is 2.29. The van der Waals surface area contributed by atoms with Gasteiger partial charge in [0.2, 0.25) is 0 Å². The average Bonchev–Trinajstić information content (AvgIpc) is 3.23. The second kappa shape index (κ2) is 5.53. The number of thiophene rings is 1. The zero-order valence-electron chi connectivity index (χ0n) is 12.0. The molecule has 4 heterocycles. The molecule has 1 fully saturated rings. The molecular formula is C14H16N6OS. The second-order valence-corrected chi connectivity index (χ2v) is 6.51. The maximum atomic E-state index is 12.8. The number of nitrogens with one attached hydrogen (secondary N) is 2. The largest absolute Gasteiger partial charge is 0.350 e. The lowest BCUT2D eigenvalue weighted by Crippen LogP contribution is -2.45. The van der Waals surface area contributed by atoms with E-state index in [1.807, 2.05) is 22.4 Å². The van der Waals surface area contributed by atoms with Gasteiger partial charge in [0.25, 0.3) is 5.91 Å². The number of amides is 1. The quantitative estimate of drug-likeness (QED) is 0.773. The first-order chi connectivity index (χ1) is 10.8. The molecule has 114 valence electrons. The Morgan fingerprint density at radius 1 is 1.45 bits per heavy atom. The SMILES string of the molecule is O=C(c1cc2sccc2[nH]1)N1CCCCC1Cc1nn[nH]n1. The van der Waals surface area contributed by atoms with E-state index in [1.165, 1.54) is 0 Å². The van der Waals surface area contributed by atoms with E-state index < -0.39 is 0 Å². The van der Waals surface area contributed by atoms with Gasteiger partial charge in [-0.15, -0.1) is 21.5 Å². The van der Waals surface area contributed by atoms with Gasteiger partial charge in [-0.05, 0) is 36.8 Å². The number of nitrogens with zero attached hydrogens (tertiary/aromatic N) is 4. The third-order valence-corrected chi connectivity index (χ3v) is 5.03. The summed E-state index contributed by atoms with van der Waals surface area (Å²) in [6.45, 7) is 0.786. The van der Waals surface area contributed by atoms with Crippen LogP contribution in [0.5, 0.6) is 0 Å². The molecule has 0 radical (unpaired) electrons. The maximum absolute atomic E-state index is 12.8. The normalized spacial score (nSPS) is 18.9. The summed E-state index contributed by atoms with van der Waals surface area (Å²) < 4.78 is 1.12. The first-order valence-corrected chi connectivity index (χ1v) is 8.29. The molecule has 0 spiro atoms. The highest BCUT2D eigenvalue weighted by Crippen LogP contribution is 2.25. The van der Waals surface area contributed by atoms with Gasteiger partial charge in [0.1, 0.15) is 5.69 Å². The maximum Gasteiger partial charge on any atom is 0.270 e. The van der Waals surface area contributed by atoms with E-state index in [2.05, 4.69) is 25.6 Å². The van der Waals surface area contributed by atoms with Crippen molar-refractivity contribution in [2.24, 2.45) is 0 Å². The molecule has 0 saturated carbocycles. The number of carbonyl (C=O) groups is 1. The number of H-pyrrole nitrogens is 2. The lowest BCUT2D eigenvalue weighted by atomic mass is 9.98. The monoisotopic (exact) mass is 316 g/mol. The van der Waals surface area contributed by atoms with Crippen LogP contribution in [0, 0.1) is 0 Å². The lowest BCUT2D eigenvalue weighted by Gasteiger charge is -2.35. The zero-order chi connectivity index (χ0) is 14.9. The molecule has 1 saturated heterocycles. The van der Waals surface area contributed by atoms with Crippen LogP contribution in [0.2, 0.25) is 0 Å². The fourth-order valence-corrected chi connectivity index (χ4v) is 3.86. The van der Waals surface area contributed by atoms with Gasteiger partial charge in [-0.2, -0.15) is 5.21 Å². The summed E-state index contributed by atoms with van der Waals surface area (Å²) in [7, 11) is 0. The number of likely N-dealkylation sites (tertiary alicyclic amines) is 1. The van der Waals surface area contributed by atoms with Crippen molar-refractivity contribution in [1.82, 2.24) is 30.5 Å². The van der Waals surface area contributed by atoms with Crippen molar-refractivity contribution in [3.8, 4) is 0 Å². The number of piperidine rings is 1. The Morgan fingerprint density at radius 3 is 3.23 bits per heavy atom. The number of aromatic amines is 2. The summed E-state index contributed by atoms with van der Waals surface area (Å²) in [6, 6.07) is 4.09. The van der Waals surface area contributed by atoms with Gasteiger partial charge >= 0.3 is 0 Å². The van der Waals surface area contributed by atoms with E-state index in [1.54, 1.807) is 11.3 Å². The third kappa shape index (κ3) is 2.39. The van der Waals surface area contributed by atoms with Gasteiger partial charge in [-0.1, -0.05) is 5.21 Å². The first-order valence-electron chi connectivity index (χ1n) is 7.41. The van der Waals surface area contributed by atoms with Gasteiger partial charge < -0.3 is 9.88 Å². The number of carbonyl (C=O) groups excluding carboxylic acids is 1.